The lowest BCUT2D eigenvalue weighted by atomic mass is 10.0. The monoisotopic (exact) mass is 998 g/mol. The smallest absolute Gasteiger partial charge is 0.337 e. The highest BCUT2D eigenvalue weighted by Gasteiger charge is 2.26. The normalized spacial score (nSPS) is 10.9. The Kier molecular flexibility index (Phi) is 14.5. The van der Waals surface area contributed by atoms with Crippen LogP contribution in [0.1, 0.15) is 84.7 Å². The maximum atomic E-state index is 13.8. The van der Waals surface area contributed by atoms with Crippen LogP contribution < -0.4 is 42.2 Å². The summed E-state index contributed by atoms with van der Waals surface area (Å²) in [5.74, 6) is -5.16. The van der Waals surface area contributed by atoms with Crippen molar-refractivity contribution in [3.8, 4) is 11.5 Å². The largest absolute Gasteiger partial charge is 0.484 e. The Balaban J connectivity index is 0.804. The standard InChI is InChI=1S/C54H46N8O12/c1-29-45(41-13-3-5-21-61(41)47(29)49(65)31-15-17-39(55)37(25-31)53(69)70)59-51(67)33-9-7-11-35(23-33)73-27-43(63)57-19-20-58-44(64)28-74-36-12-8-10-34(24-36)52(68)60-46-30(2)48(62-22-6-4-14-42(46)62)50(66)32-16-18-40(56)38(26-32)54(71)72/h3-18,21-26H,19-20,27-28,55-56H2,1-2H3,(H,57,63)(H,58,64)(H,59,67)(H,60,68)(H,69,70)(H,71,72). The number of ether oxygens (including phenoxy) is 2. The van der Waals surface area contributed by atoms with Gasteiger partial charge < -0.3 is 61.2 Å². The Labute approximate surface area is 420 Å². The maximum absolute atomic E-state index is 13.8. The molecule has 0 unspecified atom stereocenters. The van der Waals surface area contributed by atoms with E-state index in [1.54, 1.807) is 108 Å². The molecule has 4 aromatic heterocycles. The minimum absolute atomic E-state index is 0.0106. The molecule has 0 saturated heterocycles. The topological polar surface area (TPSA) is 304 Å². The van der Waals surface area contributed by atoms with Crippen LogP contribution in [0, 0.1) is 13.8 Å². The predicted octanol–water partition coefficient (Wildman–Crippen LogP) is 6.03. The molecule has 74 heavy (non-hydrogen) atoms. The second-order valence-electron chi connectivity index (χ2n) is 16.7. The van der Waals surface area contributed by atoms with E-state index in [0.29, 0.717) is 33.5 Å². The number of aromatic nitrogens is 2. The average Bonchev–Trinajstić information content (AvgIpc) is 3.84. The molecular weight excluding hydrogens is 953 g/mol. The zero-order chi connectivity index (χ0) is 52.8. The van der Waals surface area contributed by atoms with Crippen molar-refractivity contribution < 1.29 is 58.0 Å². The summed E-state index contributed by atoms with van der Waals surface area (Å²) in [7, 11) is 0. The minimum atomic E-state index is -1.28. The number of benzene rings is 4. The molecule has 4 aromatic carbocycles. The third kappa shape index (κ3) is 10.6. The SMILES string of the molecule is Cc1c(NC(=O)c2cccc(OCC(=O)NCCNC(=O)COc3cccc(C(=O)Nc4c(C)c(C(=O)c5ccc(N)c(C(=O)O)c5)n5ccccc45)c3)c2)c2ccccn2c1C(=O)c1ccc(N)c(C(=O)O)c1. The van der Waals surface area contributed by atoms with E-state index in [2.05, 4.69) is 21.3 Å². The molecule has 0 bridgehead atoms. The van der Waals surface area contributed by atoms with Gasteiger partial charge in [-0.2, -0.15) is 0 Å². The molecule has 0 fully saturated rings. The van der Waals surface area contributed by atoms with Crippen molar-refractivity contribution >= 4 is 80.9 Å². The second kappa shape index (κ2) is 21.4. The van der Waals surface area contributed by atoms with Crippen molar-refractivity contribution in [3.63, 3.8) is 0 Å². The van der Waals surface area contributed by atoms with Gasteiger partial charge in [0.05, 0.1) is 44.9 Å². The fourth-order valence-electron chi connectivity index (χ4n) is 8.21. The Morgan fingerprint density at radius 1 is 0.500 bits per heavy atom. The highest BCUT2D eigenvalue weighted by atomic mass is 16.5. The van der Waals surface area contributed by atoms with Crippen LogP contribution in [0.2, 0.25) is 0 Å². The Hall–Kier alpha value is -10.2. The van der Waals surface area contributed by atoms with Crippen molar-refractivity contribution in [2.24, 2.45) is 0 Å². The molecule has 8 rings (SSSR count). The number of carbonyl (C=O) groups excluding carboxylic acids is 6. The quantitative estimate of drug-likeness (QED) is 0.0261. The van der Waals surface area contributed by atoms with Crippen LogP contribution in [-0.4, -0.2) is 92.5 Å². The van der Waals surface area contributed by atoms with Gasteiger partial charge in [0.2, 0.25) is 11.6 Å². The van der Waals surface area contributed by atoms with Crippen LogP contribution in [0.3, 0.4) is 0 Å². The zero-order valence-electron chi connectivity index (χ0n) is 39.6. The molecule has 4 amide bonds. The first-order chi connectivity index (χ1) is 35.5. The Morgan fingerprint density at radius 2 is 0.905 bits per heavy atom. The zero-order valence-corrected chi connectivity index (χ0v) is 39.6. The molecule has 10 N–H and O–H groups in total. The van der Waals surface area contributed by atoms with E-state index in [1.807, 2.05) is 0 Å². The number of amides is 4. The molecule has 0 aliphatic carbocycles. The Bertz CT molecular complexity index is 3380. The van der Waals surface area contributed by atoms with Crippen LogP contribution in [0.4, 0.5) is 22.7 Å². The number of anilines is 4. The van der Waals surface area contributed by atoms with E-state index in [1.165, 1.54) is 48.5 Å². The molecule has 20 nitrogen and oxygen atoms in total. The number of pyridine rings is 2. The molecule has 0 aliphatic rings. The first-order valence-electron chi connectivity index (χ1n) is 22.7. The second-order valence-corrected chi connectivity index (χ2v) is 16.7. The number of carbonyl (C=O) groups is 8. The molecule has 374 valence electrons. The maximum Gasteiger partial charge on any atom is 0.337 e. The summed E-state index contributed by atoms with van der Waals surface area (Å²) in [6.07, 6.45) is 3.31. The van der Waals surface area contributed by atoms with Gasteiger partial charge in [-0.25, -0.2) is 9.59 Å². The van der Waals surface area contributed by atoms with Crippen LogP contribution in [0.15, 0.2) is 134 Å². The number of nitrogen functional groups attached to an aromatic ring is 2. The molecule has 0 spiro atoms. The number of hydrogen-bond donors (Lipinski definition) is 8. The van der Waals surface area contributed by atoms with E-state index in [-0.39, 0.29) is 80.7 Å². The molecule has 0 aliphatic heterocycles. The van der Waals surface area contributed by atoms with Gasteiger partial charge in [0.1, 0.15) is 11.5 Å². The van der Waals surface area contributed by atoms with E-state index >= 15 is 0 Å². The number of carboxylic acids is 2. The number of carboxylic acid groups (broad SMARTS) is 2. The van der Waals surface area contributed by atoms with Gasteiger partial charge in [-0.3, -0.25) is 28.8 Å². The summed E-state index contributed by atoms with van der Waals surface area (Å²) >= 11 is 0. The third-order valence-corrected chi connectivity index (χ3v) is 11.9. The van der Waals surface area contributed by atoms with E-state index in [4.69, 9.17) is 20.9 Å². The number of nitrogens with one attached hydrogen (secondary N) is 4. The van der Waals surface area contributed by atoms with Crippen LogP contribution in [0.25, 0.3) is 11.0 Å². The lowest BCUT2D eigenvalue weighted by Gasteiger charge is -2.11. The van der Waals surface area contributed by atoms with Crippen LogP contribution in [0.5, 0.6) is 11.5 Å². The van der Waals surface area contributed by atoms with E-state index < -0.39 is 60.3 Å². The first-order valence-corrected chi connectivity index (χ1v) is 22.7. The van der Waals surface area contributed by atoms with Gasteiger partial charge in [0.15, 0.2) is 13.2 Å². The van der Waals surface area contributed by atoms with Crippen molar-refractivity contribution in [2.45, 2.75) is 13.8 Å². The summed E-state index contributed by atoms with van der Waals surface area (Å²) in [5.41, 5.74) is 14.8. The summed E-state index contributed by atoms with van der Waals surface area (Å²) in [6, 6.07) is 30.6. The fourth-order valence-corrected chi connectivity index (χ4v) is 8.21. The summed E-state index contributed by atoms with van der Waals surface area (Å²) in [5, 5.41) is 30.1. The predicted molar refractivity (Wildman–Crippen MR) is 273 cm³/mol. The van der Waals surface area contributed by atoms with Crippen molar-refractivity contribution in [1.29, 1.82) is 0 Å². The fraction of sp³-hybridized carbons (Fsp3) is 0.111. The van der Waals surface area contributed by atoms with Crippen LogP contribution >= 0.6 is 0 Å². The van der Waals surface area contributed by atoms with Gasteiger partial charge in [0, 0.05) is 70.2 Å². The third-order valence-electron chi connectivity index (χ3n) is 11.9. The van der Waals surface area contributed by atoms with Gasteiger partial charge in [-0.1, -0.05) is 24.3 Å². The number of aromatic carboxylic acids is 2. The Morgan fingerprint density at radius 3 is 1.30 bits per heavy atom. The van der Waals surface area contributed by atoms with E-state index in [9.17, 15) is 48.6 Å². The lowest BCUT2D eigenvalue weighted by Crippen LogP contribution is -2.38. The summed E-state index contributed by atoms with van der Waals surface area (Å²) < 4.78 is 14.5. The van der Waals surface area contributed by atoms with Crippen molar-refractivity contribution in [1.82, 2.24) is 19.4 Å². The van der Waals surface area contributed by atoms with Crippen molar-refractivity contribution in [2.75, 3.05) is 48.4 Å². The van der Waals surface area contributed by atoms with Gasteiger partial charge in [0.25, 0.3) is 23.6 Å². The molecule has 8 aromatic rings. The first kappa shape index (κ1) is 50.2. The number of rotatable bonds is 19. The van der Waals surface area contributed by atoms with E-state index in [0.717, 1.165) is 0 Å². The molecule has 20 heteroatoms. The van der Waals surface area contributed by atoms with Gasteiger partial charge >= 0.3 is 11.9 Å². The number of fused-ring (bicyclic) bond motifs is 2. The number of ketones is 2. The molecule has 4 heterocycles. The molecular formula is C54H46N8O12. The number of nitrogens with zero attached hydrogens (tertiary/aromatic N) is 2. The lowest BCUT2D eigenvalue weighted by molar-refractivity contribution is -0.124. The molecule has 0 saturated carbocycles. The summed E-state index contributed by atoms with van der Waals surface area (Å²) in [6.45, 7) is 2.61. The van der Waals surface area contributed by atoms with Gasteiger partial charge in [-0.05, 0) is 111 Å². The van der Waals surface area contributed by atoms with Crippen LogP contribution in [-0.2, 0) is 9.59 Å². The minimum Gasteiger partial charge on any atom is -0.484 e. The number of hydrogen-bond acceptors (Lipinski definition) is 12. The molecule has 0 atom stereocenters. The summed E-state index contributed by atoms with van der Waals surface area (Å²) in [4.78, 5) is 103. The van der Waals surface area contributed by atoms with Gasteiger partial charge in [-0.15, -0.1) is 0 Å². The average molecular weight is 999 g/mol. The number of nitrogens with two attached hydrogens (primary N) is 2. The highest BCUT2D eigenvalue weighted by molar-refractivity contribution is 6.16. The van der Waals surface area contributed by atoms with Crippen molar-refractivity contribution in [3.05, 3.63) is 190 Å². The highest BCUT2D eigenvalue weighted by Crippen LogP contribution is 2.33. The molecule has 0 radical (unpaired) electrons.